The van der Waals surface area contributed by atoms with Crippen molar-refractivity contribution in [1.82, 2.24) is 9.97 Å². The Bertz CT molecular complexity index is 1090. The molecular formula is C16H10Cl4N4O2S. The van der Waals surface area contributed by atoms with Gasteiger partial charge in [-0.05, 0) is 54.1 Å². The van der Waals surface area contributed by atoms with Gasteiger partial charge >= 0.3 is 0 Å². The molecule has 0 bridgehead atoms. The molecule has 6 nitrogen and oxygen atoms in total. The lowest BCUT2D eigenvalue weighted by molar-refractivity contribution is 0.601. The molecule has 0 spiro atoms. The minimum absolute atomic E-state index is 0.00115. The molecule has 0 radical (unpaired) electrons. The second kappa shape index (κ2) is 8.08. The van der Waals surface area contributed by atoms with Gasteiger partial charge in [0.25, 0.3) is 10.0 Å². The lowest BCUT2D eigenvalue weighted by Crippen LogP contribution is -2.12. The van der Waals surface area contributed by atoms with E-state index >= 15 is 0 Å². The van der Waals surface area contributed by atoms with Crippen LogP contribution < -0.4 is 10.0 Å². The van der Waals surface area contributed by atoms with Crippen LogP contribution in [0.4, 0.5) is 17.2 Å². The van der Waals surface area contributed by atoms with Crippen LogP contribution in [0.25, 0.3) is 0 Å². The van der Waals surface area contributed by atoms with E-state index in [2.05, 4.69) is 20.0 Å². The Kier molecular flexibility index (Phi) is 5.98. The molecule has 0 atom stereocenters. The number of nitrogens with one attached hydrogen (secondary N) is 2. The molecule has 0 saturated heterocycles. The number of aromatic nitrogens is 2. The summed E-state index contributed by atoms with van der Waals surface area (Å²) in [6, 6.07) is 12.3. The van der Waals surface area contributed by atoms with Gasteiger partial charge in [-0.15, -0.1) is 0 Å². The molecule has 27 heavy (non-hydrogen) atoms. The standard InChI is InChI=1S/C16H10Cl4N4O2S/c17-9-4-6-12(7-5-9)27(25,26)24-11-3-1-2-10(8-11)21-15-13(18)14(19)22-16(20)23-15/h1-8,24H,(H,21,22,23). The Morgan fingerprint density at radius 1 is 0.852 bits per heavy atom. The first-order valence-corrected chi connectivity index (χ1v) is 10.3. The third-order valence-electron chi connectivity index (χ3n) is 3.28. The molecule has 0 aliphatic rings. The van der Waals surface area contributed by atoms with Crippen molar-refractivity contribution in [2.75, 3.05) is 10.0 Å². The minimum atomic E-state index is -3.77. The van der Waals surface area contributed by atoms with Crippen LogP contribution in [0.15, 0.2) is 53.4 Å². The zero-order chi connectivity index (χ0) is 19.6. The van der Waals surface area contributed by atoms with Crippen LogP contribution in [-0.4, -0.2) is 18.4 Å². The lowest BCUT2D eigenvalue weighted by atomic mass is 10.3. The molecule has 1 heterocycles. The lowest BCUT2D eigenvalue weighted by Gasteiger charge is -2.12. The number of sulfonamides is 1. The summed E-state index contributed by atoms with van der Waals surface area (Å²) < 4.78 is 27.4. The van der Waals surface area contributed by atoms with Crippen molar-refractivity contribution < 1.29 is 8.42 Å². The Morgan fingerprint density at radius 2 is 1.52 bits per heavy atom. The Morgan fingerprint density at radius 3 is 2.22 bits per heavy atom. The predicted octanol–water partition coefficient (Wildman–Crippen LogP) is 5.63. The second-order valence-electron chi connectivity index (χ2n) is 5.21. The molecule has 0 aliphatic heterocycles. The number of nitrogens with zero attached hydrogens (tertiary/aromatic N) is 2. The first-order valence-electron chi connectivity index (χ1n) is 7.28. The smallest absolute Gasteiger partial charge is 0.261 e. The molecule has 1 aromatic heterocycles. The summed E-state index contributed by atoms with van der Waals surface area (Å²) in [4.78, 5) is 7.78. The van der Waals surface area contributed by atoms with Crippen molar-refractivity contribution >= 4 is 73.6 Å². The highest BCUT2D eigenvalue weighted by Crippen LogP contribution is 2.31. The van der Waals surface area contributed by atoms with Gasteiger partial charge < -0.3 is 5.32 Å². The van der Waals surface area contributed by atoms with Crippen LogP contribution in [0.1, 0.15) is 0 Å². The fraction of sp³-hybridized carbons (Fsp3) is 0. The van der Waals surface area contributed by atoms with E-state index in [0.717, 1.165) is 0 Å². The first-order chi connectivity index (χ1) is 12.7. The van der Waals surface area contributed by atoms with Gasteiger partial charge in [0.15, 0.2) is 11.0 Å². The van der Waals surface area contributed by atoms with Gasteiger partial charge in [0, 0.05) is 10.7 Å². The average molecular weight is 464 g/mol. The van der Waals surface area contributed by atoms with Gasteiger partial charge in [0.1, 0.15) is 5.02 Å². The summed E-state index contributed by atoms with van der Waals surface area (Å²) in [6.07, 6.45) is 0. The third kappa shape index (κ3) is 4.94. The van der Waals surface area contributed by atoms with Gasteiger partial charge in [-0.2, -0.15) is 4.98 Å². The van der Waals surface area contributed by atoms with Crippen LogP contribution in [0, 0.1) is 0 Å². The van der Waals surface area contributed by atoms with Crippen molar-refractivity contribution in [2.45, 2.75) is 4.90 Å². The molecule has 0 aliphatic carbocycles. The topological polar surface area (TPSA) is 84.0 Å². The quantitative estimate of drug-likeness (QED) is 0.378. The summed E-state index contributed by atoms with van der Waals surface area (Å²) >= 11 is 23.5. The van der Waals surface area contributed by atoms with Crippen molar-refractivity contribution in [1.29, 1.82) is 0 Å². The summed E-state index contributed by atoms with van der Waals surface area (Å²) in [7, 11) is -3.77. The summed E-state index contributed by atoms with van der Waals surface area (Å²) in [6.45, 7) is 0. The van der Waals surface area contributed by atoms with Crippen molar-refractivity contribution in [2.24, 2.45) is 0 Å². The maximum Gasteiger partial charge on any atom is 0.261 e. The molecule has 2 aromatic carbocycles. The number of hydrogen-bond donors (Lipinski definition) is 2. The number of rotatable bonds is 5. The number of benzene rings is 2. The van der Waals surface area contributed by atoms with E-state index in [1.807, 2.05) is 0 Å². The Labute approximate surface area is 175 Å². The normalized spacial score (nSPS) is 11.3. The van der Waals surface area contributed by atoms with E-state index in [1.54, 1.807) is 24.3 Å². The fourth-order valence-electron chi connectivity index (χ4n) is 2.10. The highest BCUT2D eigenvalue weighted by molar-refractivity contribution is 7.92. The molecule has 0 unspecified atom stereocenters. The molecule has 0 amide bonds. The third-order valence-corrected chi connectivity index (χ3v) is 5.83. The minimum Gasteiger partial charge on any atom is -0.339 e. The summed E-state index contributed by atoms with van der Waals surface area (Å²) in [5.74, 6) is 0.194. The Balaban J connectivity index is 1.85. The van der Waals surface area contributed by atoms with E-state index in [-0.39, 0.29) is 26.2 Å². The van der Waals surface area contributed by atoms with Gasteiger partial charge in [0.05, 0.1) is 10.6 Å². The van der Waals surface area contributed by atoms with E-state index in [4.69, 9.17) is 46.4 Å². The maximum atomic E-state index is 12.5. The molecule has 140 valence electrons. The van der Waals surface area contributed by atoms with Crippen molar-refractivity contribution in [3.05, 3.63) is 69.0 Å². The van der Waals surface area contributed by atoms with Crippen LogP contribution in [0.3, 0.4) is 0 Å². The molecule has 3 aromatic rings. The zero-order valence-corrected chi connectivity index (χ0v) is 17.1. The maximum absolute atomic E-state index is 12.5. The van der Waals surface area contributed by atoms with Crippen LogP contribution in [0.5, 0.6) is 0 Å². The molecule has 11 heteroatoms. The highest BCUT2D eigenvalue weighted by Gasteiger charge is 2.15. The molecule has 0 saturated carbocycles. The monoisotopic (exact) mass is 462 g/mol. The van der Waals surface area contributed by atoms with Gasteiger partial charge in [-0.25, -0.2) is 13.4 Å². The Hall–Kier alpha value is -1.77. The molecule has 0 fully saturated rings. The van der Waals surface area contributed by atoms with Crippen LogP contribution in [-0.2, 0) is 10.0 Å². The van der Waals surface area contributed by atoms with Crippen LogP contribution in [0.2, 0.25) is 20.5 Å². The SMILES string of the molecule is O=S(=O)(Nc1cccc(Nc2nc(Cl)nc(Cl)c2Cl)c1)c1ccc(Cl)cc1. The average Bonchev–Trinajstić information content (AvgIpc) is 2.59. The van der Waals surface area contributed by atoms with Gasteiger partial charge in [-0.3, -0.25) is 4.72 Å². The fourth-order valence-corrected chi connectivity index (χ4v) is 3.79. The number of hydrogen-bond acceptors (Lipinski definition) is 5. The van der Waals surface area contributed by atoms with Gasteiger partial charge in [0.2, 0.25) is 5.28 Å². The summed E-state index contributed by atoms with van der Waals surface area (Å²) in [5.41, 5.74) is 0.844. The largest absolute Gasteiger partial charge is 0.339 e. The van der Waals surface area contributed by atoms with Crippen molar-refractivity contribution in [3.63, 3.8) is 0 Å². The predicted molar refractivity (Wildman–Crippen MR) is 109 cm³/mol. The zero-order valence-electron chi connectivity index (χ0n) is 13.2. The summed E-state index contributed by atoms with van der Waals surface area (Å²) in [5, 5.41) is 3.38. The van der Waals surface area contributed by atoms with Crippen molar-refractivity contribution in [3.8, 4) is 0 Å². The number of halogens is 4. The highest BCUT2D eigenvalue weighted by atomic mass is 35.5. The van der Waals surface area contributed by atoms with E-state index in [1.165, 1.54) is 24.3 Å². The molecule has 2 N–H and O–H groups in total. The molecular weight excluding hydrogens is 454 g/mol. The van der Waals surface area contributed by atoms with Crippen LogP contribution >= 0.6 is 46.4 Å². The number of anilines is 3. The first kappa shape index (κ1) is 20.0. The molecule has 3 rings (SSSR count). The second-order valence-corrected chi connectivity index (χ2v) is 8.40. The van der Waals surface area contributed by atoms with E-state index in [0.29, 0.717) is 16.4 Å². The van der Waals surface area contributed by atoms with Gasteiger partial charge in [-0.1, -0.05) is 40.9 Å². The van der Waals surface area contributed by atoms with E-state index < -0.39 is 10.0 Å². The van der Waals surface area contributed by atoms with E-state index in [9.17, 15) is 8.42 Å².